The molecule has 2 unspecified atom stereocenters. The van der Waals surface area contributed by atoms with Crippen LogP contribution in [0.15, 0.2) is 18.2 Å². The molecule has 112 valence electrons. The molecule has 2 nitrogen and oxygen atoms in total. The second-order valence-electron chi connectivity index (χ2n) is 6.02. The van der Waals surface area contributed by atoms with E-state index in [1.54, 1.807) is 12.1 Å². The summed E-state index contributed by atoms with van der Waals surface area (Å²) in [7, 11) is 0. The van der Waals surface area contributed by atoms with Crippen LogP contribution < -0.4 is 5.32 Å². The van der Waals surface area contributed by atoms with Crippen molar-refractivity contribution in [1.29, 1.82) is 0 Å². The third-order valence-electron chi connectivity index (χ3n) is 4.21. The minimum Gasteiger partial charge on any atom is -0.310 e. The molecule has 0 amide bonds. The van der Waals surface area contributed by atoms with Gasteiger partial charge in [0.2, 0.25) is 0 Å². The van der Waals surface area contributed by atoms with Crippen molar-refractivity contribution in [1.82, 2.24) is 10.2 Å². The van der Waals surface area contributed by atoms with E-state index >= 15 is 0 Å². The molecule has 0 bridgehead atoms. The fraction of sp³-hybridized carbons (Fsp3) is 0.625. The molecule has 1 fully saturated rings. The topological polar surface area (TPSA) is 15.3 Å². The Morgan fingerprint density at radius 1 is 1.30 bits per heavy atom. The molecule has 0 spiro atoms. The first-order chi connectivity index (χ1) is 9.49. The number of nitrogens with zero attached hydrogens (tertiary/aromatic N) is 1. The Morgan fingerprint density at radius 2 is 2.05 bits per heavy atom. The molecule has 1 heterocycles. The molecular formula is C16H24F2N2. The average Bonchev–Trinajstić information content (AvgIpc) is 2.88. The average molecular weight is 282 g/mol. The summed E-state index contributed by atoms with van der Waals surface area (Å²) in [5.41, 5.74) is 0.406. The van der Waals surface area contributed by atoms with E-state index in [4.69, 9.17) is 0 Å². The van der Waals surface area contributed by atoms with E-state index < -0.39 is 11.6 Å². The molecule has 1 aromatic carbocycles. The molecular weight excluding hydrogens is 258 g/mol. The van der Waals surface area contributed by atoms with Crippen molar-refractivity contribution in [2.24, 2.45) is 5.92 Å². The second-order valence-corrected chi connectivity index (χ2v) is 6.02. The molecule has 1 aliphatic heterocycles. The second kappa shape index (κ2) is 6.64. The quantitative estimate of drug-likeness (QED) is 0.891. The molecule has 4 heteroatoms. The summed E-state index contributed by atoms with van der Waals surface area (Å²) in [4.78, 5) is 2.46. The maximum absolute atomic E-state index is 13.7. The Bertz CT molecular complexity index is 448. The lowest BCUT2D eigenvalue weighted by atomic mass is 10.1. The summed E-state index contributed by atoms with van der Waals surface area (Å²) < 4.78 is 26.9. The van der Waals surface area contributed by atoms with Crippen molar-refractivity contribution >= 4 is 0 Å². The zero-order valence-electron chi connectivity index (χ0n) is 12.5. The summed E-state index contributed by atoms with van der Waals surface area (Å²) >= 11 is 0. The predicted molar refractivity (Wildman–Crippen MR) is 77.6 cm³/mol. The molecule has 1 aromatic rings. The lowest BCUT2D eigenvalue weighted by Gasteiger charge is -2.21. The molecule has 2 rings (SSSR count). The monoisotopic (exact) mass is 282 g/mol. The number of rotatable bonds is 5. The summed E-state index contributed by atoms with van der Waals surface area (Å²) in [5.74, 6) is -0.915. The van der Waals surface area contributed by atoms with Crippen molar-refractivity contribution in [2.75, 3.05) is 19.6 Å². The highest BCUT2D eigenvalue weighted by Crippen LogP contribution is 2.21. The smallest absolute Gasteiger partial charge is 0.163 e. The zero-order valence-corrected chi connectivity index (χ0v) is 12.5. The van der Waals surface area contributed by atoms with Gasteiger partial charge in [0, 0.05) is 24.2 Å². The Balaban J connectivity index is 1.87. The maximum atomic E-state index is 13.7. The number of nitrogens with one attached hydrogen (secondary N) is 1. The standard InChI is InChI=1S/C16H24F2N2/c1-11(2)20-8-7-13(10-20)9-19-12(3)14-5-4-6-15(17)16(14)18/h4-6,11-13,19H,7-10H2,1-3H3. The van der Waals surface area contributed by atoms with E-state index in [-0.39, 0.29) is 6.04 Å². The summed E-state index contributed by atoms with van der Waals surface area (Å²) in [6.07, 6.45) is 1.17. The number of benzene rings is 1. The van der Waals surface area contributed by atoms with Crippen LogP contribution in [-0.2, 0) is 0 Å². The van der Waals surface area contributed by atoms with E-state index in [0.29, 0.717) is 17.5 Å². The van der Waals surface area contributed by atoms with Crippen LogP contribution in [-0.4, -0.2) is 30.6 Å². The molecule has 0 radical (unpaired) electrons. The Labute approximate surface area is 120 Å². The highest BCUT2D eigenvalue weighted by Gasteiger charge is 2.24. The SMILES string of the molecule is CC(NCC1CCN(C(C)C)C1)c1cccc(F)c1F. The number of halogens is 2. The van der Waals surface area contributed by atoms with Gasteiger partial charge in [-0.15, -0.1) is 0 Å². The number of likely N-dealkylation sites (tertiary alicyclic amines) is 1. The van der Waals surface area contributed by atoms with E-state index in [1.165, 1.54) is 6.42 Å². The Hall–Kier alpha value is -1.00. The molecule has 0 aromatic heterocycles. The Morgan fingerprint density at radius 3 is 2.70 bits per heavy atom. The molecule has 0 aliphatic carbocycles. The van der Waals surface area contributed by atoms with Crippen LogP contribution in [0.1, 0.15) is 38.8 Å². The highest BCUT2D eigenvalue weighted by atomic mass is 19.2. The van der Waals surface area contributed by atoms with Crippen LogP contribution in [0.25, 0.3) is 0 Å². The van der Waals surface area contributed by atoms with Crippen LogP contribution in [0.4, 0.5) is 8.78 Å². The molecule has 1 N–H and O–H groups in total. The minimum atomic E-state index is -0.775. The van der Waals surface area contributed by atoms with Gasteiger partial charge >= 0.3 is 0 Å². The van der Waals surface area contributed by atoms with Crippen molar-refractivity contribution in [3.05, 3.63) is 35.4 Å². The van der Waals surface area contributed by atoms with Gasteiger partial charge in [0.1, 0.15) is 0 Å². The van der Waals surface area contributed by atoms with Gasteiger partial charge in [0.25, 0.3) is 0 Å². The lowest BCUT2D eigenvalue weighted by molar-refractivity contribution is 0.263. The molecule has 1 saturated heterocycles. The van der Waals surface area contributed by atoms with Crippen molar-refractivity contribution < 1.29 is 8.78 Å². The van der Waals surface area contributed by atoms with Crippen LogP contribution >= 0.6 is 0 Å². The van der Waals surface area contributed by atoms with E-state index in [0.717, 1.165) is 25.7 Å². The van der Waals surface area contributed by atoms with Gasteiger partial charge in [-0.25, -0.2) is 8.78 Å². The first kappa shape index (κ1) is 15.4. The van der Waals surface area contributed by atoms with Crippen LogP contribution in [0.2, 0.25) is 0 Å². The van der Waals surface area contributed by atoms with Gasteiger partial charge < -0.3 is 10.2 Å². The predicted octanol–water partition coefficient (Wildman–Crippen LogP) is 3.35. The molecule has 2 atom stereocenters. The van der Waals surface area contributed by atoms with E-state index in [9.17, 15) is 8.78 Å². The first-order valence-corrected chi connectivity index (χ1v) is 7.40. The largest absolute Gasteiger partial charge is 0.310 e. The van der Waals surface area contributed by atoms with Crippen LogP contribution in [0.3, 0.4) is 0 Å². The summed E-state index contributed by atoms with van der Waals surface area (Å²) in [5, 5.41) is 3.34. The van der Waals surface area contributed by atoms with Gasteiger partial charge in [-0.2, -0.15) is 0 Å². The van der Waals surface area contributed by atoms with Gasteiger partial charge in [-0.05, 0) is 52.3 Å². The van der Waals surface area contributed by atoms with Crippen molar-refractivity contribution in [3.63, 3.8) is 0 Å². The minimum absolute atomic E-state index is 0.168. The number of hydrogen-bond acceptors (Lipinski definition) is 2. The molecule has 1 aliphatic rings. The highest BCUT2D eigenvalue weighted by molar-refractivity contribution is 5.21. The van der Waals surface area contributed by atoms with Crippen molar-refractivity contribution in [3.8, 4) is 0 Å². The zero-order chi connectivity index (χ0) is 14.7. The van der Waals surface area contributed by atoms with E-state index in [2.05, 4.69) is 24.1 Å². The van der Waals surface area contributed by atoms with Crippen LogP contribution in [0, 0.1) is 17.6 Å². The summed E-state index contributed by atoms with van der Waals surface area (Å²) in [6, 6.07) is 4.77. The first-order valence-electron chi connectivity index (χ1n) is 7.40. The third kappa shape index (κ3) is 3.55. The normalized spacial score (nSPS) is 21.6. The van der Waals surface area contributed by atoms with Gasteiger partial charge in [0.15, 0.2) is 11.6 Å². The van der Waals surface area contributed by atoms with Crippen molar-refractivity contribution in [2.45, 2.75) is 39.3 Å². The van der Waals surface area contributed by atoms with Gasteiger partial charge in [-0.1, -0.05) is 12.1 Å². The third-order valence-corrected chi connectivity index (χ3v) is 4.21. The summed E-state index contributed by atoms with van der Waals surface area (Å²) in [6.45, 7) is 9.37. The maximum Gasteiger partial charge on any atom is 0.163 e. The van der Waals surface area contributed by atoms with Gasteiger partial charge in [-0.3, -0.25) is 0 Å². The number of hydrogen-bond donors (Lipinski definition) is 1. The fourth-order valence-corrected chi connectivity index (χ4v) is 2.81. The van der Waals surface area contributed by atoms with E-state index in [1.807, 2.05) is 6.92 Å². The molecule has 0 saturated carbocycles. The Kier molecular flexibility index (Phi) is 5.11. The lowest BCUT2D eigenvalue weighted by Crippen LogP contribution is -2.31. The fourth-order valence-electron chi connectivity index (χ4n) is 2.81. The van der Waals surface area contributed by atoms with Crippen LogP contribution in [0.5, 0.6) is 0 Å². The molecule has 20 heavy (non-hydrogen) atoms. The van der Waals surface area contributed by atoms with Gasteiger partial charge in [0.05, 0.1) is 0 Å².